The maximum atomic E-state index is 13.2. The molecule has 1 aliphatic rings. The topological polar surface area (TPSA) is 52.2 Å². The van der Waals surface area contributed by atoms with Crippen LogP contribution in [0.5, 0.6) is 0 Å². The average Bonchev–Trinajstić information content (AvgIpc) is 2.53. The lowest BCUT2D eigenvalue weighted by Gasteiger charge is -2.36. The SMILES string of the molecule is Bc1n[nH]c(=O)cc1N1CCN(Cc2ccc(F)cc2C)CC1. The van der Waals surface area contributed by atoms with Crippen molar-refractivity contribution >= 4 is 19.1 Å². The van der Waals surface area contributed by atoms with Gasteiger partial charge in [-0.15, -0.1) is 0 Å². The number of rotatable bonds is 3. The highest BCUT2D eigenvalue weighted by molar-refractivity contribution is 6.34. The summed E-state index contributed by atoms with van der Waals surface area (Å²) in [7, 11) is 1.90. The van der Waals surface area contributed by atoms with Gasteiger partial charge >= 0.3 is 0 Å². The lowest BCUT2D eigenvalue weighted by molar-refractivity contribution is 0.249. The molecule has 0 bridgehead atoms. The van der Waals surface area contributed by atoms with Crippen molar-refractivity contribution < 1.29 is 4.39 Å². The van der Waals surface area contributed by atoms with E-state index >= 15 is 0 Å². The predicted molar refractivity (Wildman–Crippen MR) is 91.7 cm³/mol. The Labute approximate surface area is 135 Å². The lowest BCUT2D eigenvalue weighted by Crippen LogP contribution is -2.48. The number of aryl methyl sites for hydroxylation is 1. The first-order valence-electron chi connectivity index (χ1n) is 7.81. The third-order valence-electron chi connectivity index (χ3n) is 4.38. The van der Waals surface area contributed by atoms with E-state index in [1.165, 1.54) is 6.07 Å². The van der Waals surface area contributed by atoms with Crippen LogP contribution in [0.4, 0.5) is 10.1 Å². The van der Waals surface area contributed by atoms with E-state index in [-0.39, 0.29) is 11.4 Å². The first-order valence-corrected chi connectivity index (χ1v) is 7.81. The molecule has 23 heavy (non-hydrogen) atoms. The fourth-order valence-corrected chi connectivity index (χ4v) is 3.00. The van der Waals surface area contributed by atoms with Crippen molar-refractivity contribution in [2.45, 2.75) is 13.5 Å². The standard InChI is InChI=1S/C16H20BFN4O/c1-11-8-13(18)3-2-12(11)10-21-4-6-22(7-5-21)14-9-15(23)19-20-16(14)17/h2-3,8-9H,4-7,10,17H2,1H3,(H,19,23). The van der Waals surface area contributed by atoms with Crippen LogP contribution in [0.1, 0.15) is 11.1 Å². The summed E-state index contributed by atoms with van der Waals surface area (Å²) >= 11 is 0. The van der Waals surface area contributed by atoms with Crippen LogP contribution >= 0.6 is 0 Å². The lowest BCUT2D eigenvalue weighted by atomic mass is 10.0. The van der Waals surface area contributed by atoms with E-state index in [0.29, 0.717) is 0 Å². The molecule has 1 aromatic heterocycles. The van der Waals surface area contributed by atoms with E-state index in [2.05, 4.69) is 20.0 Å². The molecule has 0 atom stereocenters. The van der Waals surface area contributed by atoms with Gasteiger partial charge in [0.2, 0.25) is 0 Å². The van der Waals surface area contributed by atoms with Gasteiger partial charge in [0.1, 0.15) is 5.82 Å². The van der Waals surface area contributed by atoms with Crippen LogP contribution < -0.4 is 16.1 Å². The summed E-state index contributed by atoms with van der Waals surface area (Å²) < 4.78 is 13.2. The first-order chi connectivity index (χ1) is 11.0. The van der Waals surface area contributed by atoms with E-state index in [4.69, 9.17) is 0 Å². The largest absolute Gasteiger partial charge is 0.368 e. The Morgan fingerprint density at radius 2 is 2.00 bits per heavy atom. The number of halogens is 1. The summed E-state index contributed by atoms with van der Waals surface area (Å²) in [5.74, 6) is -0.187. The number of hydrogen-bond donors (Lipinski definition) is 1. The van der Waals surface area contributed by atoms with Gasteiger partial charge in [-0.25, -0.2) is 9.49 Å². The van der Waals surface area contributed by atoms with Crippen molar-refractivity contribution in [1.82, 2.24) is 15.1 Å². The summed E-state index contributed by atoms with van der Waals surface area (Å²) in [5.41, 5.74) is 3.73. The number of piperazine rings is 1. The van der Waals surface area contributed by atoms with Crippen molar-refractivity contribution in [2.75, 3.05) is 31.1 Å². The Morgan fingerprint density at radius 1 is 1.26 bits per heavy atom. The first kappa shape index (κ1) is 15.7. The number of nitrogens with one attached hydrogen (secondary N) is 1. The number of benzene rings is 1. The van der Waals surface area contributed by atoms with Gasteiger partial charge in [-0.05, 0) is 30.2 Å². The molecule has 0 unspecified atom stereocenters. The summed E-state index contributed by atoms with van der Waals surface area (Å²) in [6.07, 6.45) is 0. The molecule has 2 aromatic rings. The van der Waals surface area contributed by atoms with Crippen molar-refractivity contribution in [2.24, 2.45) is 0 Å². The minimum absolute atomic E-state index is 0.171. The van der Waals surface area contributed by atoms with Crippen LogP contribution in [0, 0.1) is 12.7 Å². The molecule has 0 amide bonds. The molecule has 7 heteroatoms. The molecule has 1 saturated heterocycles. The zero-order chi connectivity index (χ0) is 16.4. The highest BCUT2D eigenvalue weighted by atomic mass is 19.1. The van der Waals surface area contributed by atoms with E-state index in [9.17, 15) is 9.18 Å². The van der Waals surface area contributed by atoms with Gasteiger partial charge in [-0.3, -0.25) is 9.69 Å². The number of aromatic nitrogens is 2. The average molecular weight is 314 g/mol. The van der Waals surface area contributed by atoms with Gasteiger partial charge in [-0.1, -0.05) is 6.07 Å². The fourth-order valence-electron chi connectivity index (χ4n) is 3.00. The maximum absolute atomic E-state index is 13.2. The molecule has 2 heterocycles. The maximum Gasteiger partial charge on any atom is 0.266 e. The molecule has 1 aromatic carbocycles. The van der Waals surface area contributed by atoms with Gasteiger partial charge in [0.25, 0.3) is 5.56 Å². The molecule has 0 saturated carbocycles. The molecule has 3 rings (SSSR count). The summed E-state index contributed by atoms with van der Waals surface area (Å²) in [5, 5.41) is 6.49. The zero-order valence-electron chi connectivity index (χ0n) is 13.5. The molecule has 0 radical (unpaired) electrons. The third-order valence-corrected chi connectivity index (χ3v) is 4.38. The fraction of sp³-hybridized carbons (Fsp3) is 0.375. The minimum atomic E-state index is -0.187. The second-order valence-corrected chi connectivity index (χ2v) is 6.04. The van der Waals surface area contributed by atoms with Gasteiger partial charge in [0, 0.05) is 44.4 Å². The molecule has 1 fully saturated rings. The van der Waals surface area contributed by atoms with Crippen LogP contribution in [-0.4, -0.2) is 49.1 Å². The molecule has 1 N–H and O–H groups in total. The second kappa shape index (κ2) is 6.54. The normalized spacial score (nSPS) is 15.8. The van der Waals surface area contributed by atoms with Crippen LogP contribution in [0.15, 0.2) is 29.1 Å². The van der Waals surface area contributed by atoms with Crippen LogP contribution in [0.25, 0.3) is 0 Å². The van der Waals surface area contributed by atoms with Crippen molar-refractivity contribution in [3.05, 3.63) is 51.6 Å². The quantitative estimate of drug-likeness (QED) is 0.797. The van der Waals surface area contributed by atoms with Gasteiger partial charge in [0.05, 0.1) is 5.69 Å². The summed E-state index contributed by atoms with van der Waals surface area (Å²) in [6.45, 7) is 6.29. The smallest absolute Gasteiger partial charge is 0.266 e. The predicted octanol–water partition coefficient (Wildman–Crippen LogP) is -0.202. The highest BCUT2D eigenvalue weighted by Crippen LogP contribution is 2.16. The molecule has 0 aliphatic carbocycles. The molecular formula is C16H20BFN4O. The zero-order valence-corrected chi connectivity index (χ0v) is 13.5. The van der Waals surface area contributed by atoms with E-state index < -0.39 is 0 Å². The summed E-state index contributed by atoms with van der Waals surface area (Å²) in [6, 6.07) is 6.57. The van der Waals surface area contributed by atoms with Crippen LogP contribution in [-0.2, 0) is 6.54 Å². The van der Waals surface area contributed by atoms with Crippen molar-refractivity contribution in [3.63, 3.8) is 0 Å². The molecule has 1 aliphatic heterocycles. The second-order valence-electron chi connectivity index (χ2n) is 6.04. The van der Waals surface area contributed by atoms with E-state index in [0.717, 1.165) is 55.1 Å². The third kappa shape index (κ3) is 3.61. The molecule has 5 nitrogen and oxygen atoms in total. The summed E-state index contributed by atoms with van der Waals surface area (Å²) in [4.78, 5) is 16.0. The Kier molecular flexibility index (Phi) is 4.47. The monoisotopic (exact) mass is 314 g/mol. The highest BCUT2D eigenvalue weighted by Gasteiger charge is 2.19. The Morgan fingerprint density at radius 3 is 2.70 bits per heavy atom. The van der Waals surface area contributed by atoms with Crippen LogP contribution in [0.3, 0.4) is 0 Å². The van der Waals surface area contributed by atoms with Gasteiger partial charge in [-0.2, -0.15) is 5.10 Å². The number of nitrogens with zero attached hydrogens (tertiary/aromatic N) is 3. The van der Waals surface area contributed by atoms with Crippen molar-refractivity contribution in [3.8, 4) is 0 Å². The number of anilines is 1. The molecular weight excluding hydrogens is 294 g/mol. The minimum Gasteiger partial charge on any atom is -0.368 e. The van der Waals surface area contributed by atoms with Crippen molar-refractivity contribution in [1.29, 1.82) is 0 Å². The number of H-pyrrole nitrogens is 1. The van der Waals surface area contributed by atoms with E-state index in [1.54, 1.807) is 12.1 Å². The number of aromatic amines is 1. The van der Waals surface area contributed by atoms with Gasteiger partial charge in [0.15, 0.2) is 7.85 Å². The Balaban J connectivity index is 1.64. The molecule has 0 spiro atoms. The van der Waals surface area contributed by atoms with Gasteiger partial charge < -0.3 is 4.90 Å². The molecule has 120 valence electrons. The van der Waals surface area contributed by atoms with Crippen LogP contribution in [0.2, 0.25) is 0 Å². The Bertz CT molecular complexity index is 756. The number of hydrogen-bond acceptors (Lipinski definition) is 4. The van der Waals surface area contributed by atoms with E-state index in [1.807, 2.05) is 20.8 Å². The Hall–Kier alpha value is -2.15.